The monoisotopic (exact) mass is 438 g/mol. The molecule has 6 nitrogen and oxygen atoms in total. The van der Waals surface area contributed by atoms with E-state index in [1.54, 1.807) is 67.8 Å². The minimum Gasteiger partial charge on any atom is -0.497 e. The first kappa shape index (κ1) is 22.5. The normalized spacial score (nSPS) is 12.4. The van der Waals surface area contributed by atoms with Crippen molar-refractivity contribution in [3.8, 4) is 5.75 Å². The summed E-state index contributed by atoms with van der Waals surface area (Å²) in [7, 11) is -0.745. The Morgan fingerprint density at radius 3 is 2.29 bits per heavy atom. The standard InChI is InChI=1S/C24H26N2O4S/c1-18-8-7-9-20(16-18)25-24(27)17-23(19-12-14-21(30-3)15-13-19)26(2)31(28,29)22-10-5-4-6-11-22/h4-16,23H,17H2,1-3H3,(H,25,27)/t23-/m1/s1. The van der Waals surface area contributed by atoms with Crippen LogP contribution in [0.15, 0.2) is 83.8 Å². The summed E-state index contributed by atoms with van der Waals surface area (Å²) in [6, 6.07) is 22.0. The molecule has 3 aromatic carbocycles. The Bertz CT molecular complexity index is 1130. The van der Waals surface area contributed by atoms with Crippen LogP contribution >= 0.6 is 0 Å². The minimum atomic E-state index is -3.81. The molecule has 1 atom stereocenters. The maximum Gasteiger partial charge on any atom is 0.243 e. The van der Waals surface area contributed by atoms with Crippen molar-refractivity contribution in [2.24, 2.45) is 0 Å². The summed E-state index contributed by atoms with van der Waals surface area (Å²) in [6.45, 7) is 1.94. The van der Waals surface area contributed by atoms with E-state index in [4.69, 9.17) is 4.74 Å². The molecule has 0 fully saturated rings. The van der Waals surface area contributed by atoms with Gasteiger partial charge < -0.3 is 10.1 Å². The molecule has 0 bridgehead atoms. The van der Waals surface area contributed by atoms with Crippen LogP contribution in [0.5, 0.6) is 5.75 Å². The summed E-state index contributed by atoms with van der Waals surface area (Å²) in [5.74, 6) is 0.377. The third-order valence-electron chi connectivity index (χ3n) is 5.04. The molecule has 1 amide bonds. The maximum absolute atomic E-state index is 13.2. The molecular weight excluding hydrogens is 412 g/mol. The first-order valence-corrected chi connectivity index (χ1v) is 11.3. The molecular formula is C24H26N2O4S. The molecule has 162 valence electrons. The van der Waals surface area contributed by atoms with Crippen LogP contribution in [0.2, 0.25) is 0 Å². The van der Waals surface area contributed by atoms with Gasteiger partial charge in [0, 0.05) is 19.2 Å². The van der Waals surface area contributed by atoms with Crippen molar-refractivity contribution < 1.29 is 17.9 Å². The molecule has 3 rings (SSSR count). The van der Waals surface area contributed by atoms with E-state index in [1.807, 2.05) is 25.1 Å². The number of benzene rings is 3. The average Bonchev–Trinajstić information content (AvgIpc) is 2.77. The SMILES string of the molecule is COc1ccc([C@@H](CC(=O)Nc2cccc(C)c2)N(C)S(=O)(=O)c2ccccc2)cc1. The predicted molar refractivity (Wildman–Crippen MR) is 122 cm³/mol. The van der Waals surface area contributed by atoms with Gasteiger partial charge in [0.05, 0.1) is 18.0 Å². The van der Waals surface area contributed by atoms with Crippen molar-refractivity contribution in [2.75, 3.05) is 19.5 Å². The molecule has 0 aliphatic rings. The average molecular weight is 439 g/mol. The minimum absolute atomic E-state index is 0.0389. The van der Waals surface area contributed by atoms with Gasteiger partial charge in [-0.1, -0.05) is 42.5 Å². The molecule has 0 saturated carbocycles. The fraction of sp³-hybridized carbons (Fsp3) is 0.208. The van der Waals surface area contributed by atoms with E-state index in [-0.39, 0.29) is 17.2 Å². The Labute approximate surface area is 183 Å². The smallest absolute Gasteiger partial charge is 0.243 e. The number of aryl methyl sites for hydroxylation is 1. The van der Waals surface area contributed by atoms with Crippen LogP contribution in [-0.2, 0) is 14.8 Å². The van der Waals surface area contributed by atoms with Crippen LogP contribution in [0.1, 0.15) is 23.6 Å². The van der Waals surface area contributed by atoms with E-state index in [1.165, 1.54) is 11.4 Å². The Hall–Kier alpha value is -3.16. The van der Waals surface area contributed by atoms with Crippen molar-refractivity contribution in [3.05, 3.63) is 90.0 Å². The molecule has 31 heavy (non-hydrogen) atoms. The van der Waals surface area contributed by atoms with Gasteiger partial charge in [0.15, 0.2) is 0 Å². The van der Waals surface area contributed by atoms with Gasteiger partial charge >= 0.3 is 0 Å². The lowest BCUT2D eigenvalue weighted by Gasteiger charge is -2.28. The van der Waals surface area contributed by atoms with Gasteiger partial charge in [-0.2, -0.15) is 4.31 Å². The van der Waals surface area contributed by atoms with E-state index in [2.05, 4.69) is 5.32 Å². The Morgan fingerprint density at radius 2 is 1.68 bits per heavy atom. The zero-order valence-corrected chi connectivity index (χ0v) is 18.6. The zero-order valence-electron chi connectivity index (χ0n) is 17.8. The maximum atomic E-state index is 13.2. The summed E-state index contributed by atoms with van der Waals surface area (Å²) in [6.07, 6.45) is -0.0389. The van der Waals surface area contributed by atoms with Crippen molar-refractivity contribution in [1.82, 2.24) is 4.31 Å². The van der Waals surface area contributed by atoms with Crippen LogP contribution in [0.3, 0.4) is 0 Å². The number of hydrogen-bond donors (Lipinski definition) is 1. The number of sulfonamides is 1. The van der Waals surface area contributed by atoms with Crippen LogP contribution in [-0.4, -0.2) is 32.8 Å². The van der Waals surface area contributed by atoms with Gasteiger partial charge in [0.1, 0.15) is 5.75 Å². The number of ether oxygens (including phenoxy) is 1. The molecule has 3 aromatic rings. The number of hydrogen-bond acceptors (Lipinski definition) is 4. The number of carbonyl (C=O) groups is 1. The molecule has 0 heterocycles. The second kappa shape index (κ2) is 9.76. The highest BCUT2D eigenvalue weighted by Gasteiger charge is 2.31. The molecule has 0 spiro atoms. The van der Waals surface area contributed by atoms with E-state index >= 15 is 0 Å². The highest BCUT2D eigenvalue weighted by Crippen LogP contribution is 2.30. The third kappa shape index (κ3) is 5.51. The van der Waals surface area contributed by atoms with Crippen LogP contribution in [0.25, 0.3) is 0 Å². The van der Waals surface area contributed by atoms with Gasteiger partial charge in [-0.15, -0.1) is 0 Å². The highest BCUT2D eigenvalue weighted by molar-refractivity contribution is 7.89. The Balaban J connectivity index is 1.91. The number of nitrogens with one attached hydrogen (secondary N) is 1. The molecule has 7 heteroatoms. The van der Waals surface area contributed by atoms with E-state index in [0.29, 0.717) is 17.0 Å². The summed E-state index contributed by atoms with van der Waals surface area (Å²) in [5.41, 5.74) is 2.39. The zero-order chi connectivity index (χ0) is 22.4. The van der Waals surface area contributed by atoms with Crippen LogP contribution in [0, 0.1) is 6.92 Å². The quantitative estimate of drug-likeness (QED) is 0.566. The molecule has 0 aliphatic heterocycles. The second-order valence-electron chi connectivity index (χ2n) is 7.25. The van der Waals surface area contributed by atoms with E-state index < -0.39 is 16.1 Å². The molecule has 0 saturated heterocycles. The molecule has 1 N–H and O–H groups in total. The number of nitrogens with zero attached hydrogens (tertiary/aromatic N) is 1. The largest absolute Gasteiger partial charge is 0.497 e. The Morgan fingerprint density at radius 1 is 1.00 bits per heavy atom. The van der Waals surface area contributed by atoms with Gasteiger partial charge in [-0.3, -0.25) is 4.79 Å². The van der Waals surface area contributed by atoms with Crippen molar-refractivity contribution in [3.63, 3.8) is 0 Å². The molecule has 0 radical (unpaired) electrons. The molecule has 0 aromatic heterocycles. The lowest BCUT2D eigenvalue weighted by atomic mass is 10.0. The predicted octanol–water partition coefficient (Wildman–Crippen LogP) is 4.39. The lowest BCUT2D eigenvalue weighted by molar-refractivity contribution is -0.117. The lowest BCUT2D eigenvalue weighted by Crippen LogP contribution is -2.33. The third-order valence-corrected chi connectivity index (χ3v) is 6.92. The van der Waals surface area contributed by atoms with E-state index in [9.17, 15) is 13.2 Å². The second-order valence-corrected chi connectivity index (χ2v) is 9.24. The van der Waals surface area contributed by atoms with Gasteiger partial charge in [0.25, 0.3) is 0 Å². The summed E-state index contributed by atoms with van der Waals surface area (Å²) >= 11 is 0. The van der Waals surface area contributed by atoms with Gasteiger partial charge in [0.2, 0.25) is 15.9 Å². The summed E-state index contributed by atoms with van der Waals surface area (Å²) in [5, 5.41) is 2.87. The highest BCUT2D eigenvalue weighted by atomic mass is 32.2. The number of anilines is 1. The van der Waals surface area contributed by atoms with Gasteiger partial charge in [-0.05, 0) is 54.4 Å². The first-order chi connectivity index (χ1) is 14.8. The first-order valence-electron chi connectivity index (χ1n) is 9.85. The number of amides is 1. The number of rotatable bonds is 8. The summed E-state index contributed by atoms with van der Waals surface area (Å²) < 4.78 is 32.9. The molecule has 0 aliphatic carbocycles. The van der Waals surface area contributed by atoms with Crippen molar-refractivity contribution >= 4 is 21.6 Å². The fourth-order valence-electron chi connectivity index (χ4n) is 3.32. The fourth-order valence-corrected chi connectivity index (χ4v) is 4.68. The molecule has 0 unspecified atom stereocenters. The number of carbonyl (C=O) groups excluding carboxylic acids is 1. The number of methoxy groups -OCH3 is 1. The van der Waals surface area contributed by atoms with Crippen molar-refractivity contribution in [2.45, 2.75) is 24.3 Å². The van der Waals surface area contributed by atoms with Crippen molar-refractivity contribution in [1.29, 1.82) is 0 Å². The summed E-state index contributed by atoms with van der Waals surface area (Å²) in [4.78, 5) is 13.0. The van der Waals surface area contributed by atoms with Crippen LogP contribution in [0.4, 0.5) is 5.69 Å². The van der Waals surface area contributed by atoms with Crippen LogP contribution < -0.4 is 10.1 Å². The van der Waals surface area contributed by atoms with Gasteiger partial charge in [-0.25, -0.2) is 8.42 Å². The Kier molecular flexibility index (Phi) is 7.09. The van der Waals surface area contributed by atoms with E-state index in [0.717, 1.165) is 5.56 Å². The topological polar surface area (TPSA) is 75.7 Å².